The zero-order valence-corrected chi connectivity index (χ0v) is 23.1. The third kappa shape index (κ3) is 6.23. The van der Waals surface area contributed by atoms with Crippen molar-refractivity contribution in [2.24, 2.45) is 11.3 Å². The number of halogens is 2. The number of benzene rings is 2. The van der Waals surface area contributed by atoms with E-state index < -0.39 is 6.10 Å². The second-order valence-corrected chi connectivity index (χ2v) is 12.2. The van der Waals surface area contributed by atoms with Gasteiger partial charge in [0.25, 0.3) is 11.8 Å². The van der Waals surface area contributed by atoms with Crippen molar-refractivity contribution in [3.8, 4) is 5.75 Å². The van der Waals surface area contributed by atoms with E-state index in [1.54, 1.807) is 55.5 Å². The number of amides is 2. The highest BCUT2D eigenvalue weighted by atomic mass is 35.5. The summed E-state index contributed by atoms with van der Waals surface area (Å²) in [6, 6.07) is 13.9. The van der Waals surface area contributed by atoms with Crippen LogP contribution in [0, 0.1) is 11.3 Å². The fourth-order valence-corrected chi connectivity index (χ4v) is 6.12. The second kappa shape index (κ2) is 10.8. The van der Waals surface area contributed by atoms with Gasteiger partial charge in [0.05, 0.1) is 5.56 Å². The van der Waals surface area contributed by atoms with Crippen molar-refractivity contribution >= 4 is 57.0 Å². The van der Waals surface area contributed by atoms with Crippen LogP contribution in [0.3, 0.4) is 0 Å². The summed E-state index contributed by atoms with van der Waals surface area (Å²) >= 11 is 13.6. The van der Waals surface area contributed by atoms with Crippen molar-refractivity contribution in [3.05, 3.63) is 74.6 Å². The Morgan fingerprint density at radius 3 is 2.42 bits per heavy atom. The number of rotatable bonds is 6. The summed E-state index contributed by atoms with van der Waals surface area (Å²) in [6.07, 6.45) is 1.88. The van der Waals surface area contributed by atoms with Crippen LogP contribution in [0.25, 0.3) is 0 Å². The van der Waals surface area contributed by atoms with E-state index in [0.29, 0.717) is 38.0 Å². The van der Waals surface area contributed by atoms with E-state index in [0.717, 1.165) is 29.7 Å². The highest BCUT2D eigenvalue weighted by molar-refractivity contribution is 7.17. The summed E-state index contributed by atoms with van der Waals surface area (Å²) < 4.78 is 5.80. The standard InChI is InChI=1S/C28H30Cl2N2O3S/c1-16(35-21-10-6-8-19(30)15-21)25(33)32-27-24(26(34)31-20-9-5-7-18(29)14-20)22-12-11-17(28(2,3)4)13-23(22)36-27/h5-10,14-17H,11-13H2,1-4H3,(H,31,34)(H,32,33). The maximum absolute atomic E-state index is 13.5. The average molecular weight is 546 g/mol. The zero-order valence-electron chi connectivity index (χ0n) is 20.8. The van der Waals surface area contributed by atoms with Gasteiger partial charge in [-0.1, -0.05) is 56.1 Å². The molecular formula is C28H30Cl2N2O3S. The highest BCUT2D eigenvalue weighted by Gasteiger charge is 2.34. The Balaban J connectivity index is 1.61. The zero-order chi connectivity index (χ0) is 26.0. The lowest BCUT2D eigenvalue weighted by Crippen LogP contribution is -2.30. The van der Waals surface area contributed by atoms with Gasteiger partial charge >= 0.3 is 0 Å². The van der Waals surface area contributed by atoms with Gasteiger partial charge in [0.15, 0.2) is 6.10 Å². The number of fused-ring (bicyclic) bond motifs is 1. The Kier molecular flexibility index (Phi) is 7.98. The molecule has 0 spiro atoms. The van der Waals surface area contributed by atoms with Gasteiger partial charge in [-0.15, -0.1) is 11.3 Å². The molecule has 3 aromatic rings. The van der Waals surface area contributed by atoms with Crippen LogP contribution in [0.1, 0.15) is 54.9 Å². The van der Waals surface area contributed by atoms with Crippen molar-refractivity contribution in [1.29, 1.82) is 0 Å². The predicted molar refractivity (Wildman–Crippen MR) is 149 cm³/mol. The molecule has 1 aromatic heterocycles. The summed E-state index contributed by atoms with van der Waals surface area (Å²) in [7, 11) is 0. The fraction of sp³-hybridized carbons (Fsp3) is 0.357. The number of ether oxygens (including phenoxy) is 1. The van der Waals surface area contributed by atoms with Crippen molar-refractivity contribution in [2.45, 2.75) is 53.1 Å². The van der Waals surface area contributed by atoms with Gasteiger partial charge in [-0.05, 0) is 79.5 Å². The molecule has 2 N–H and O–H groups in total. The van der Waals surface area contributed by atoms with Gasteiger partial charge in [0.1, 0.15) is 10.8 Å². The highest BCUT2D eigenvalue weighted by Crippen LogP contribution is 2.44. The van der Waals surface area contributed by atoms with Crippen molar-refractivity contribution < 1.29 is 14.3 Å². The quantitative estimate of drug-likeness (QED) is 0.331. The number of hydrogen-bond acceptors (Lipinski definition) is 4. The molecule has 5 nitrogen and oxygen atoms in total. The van der Waals surface area contributed by atoms with E-state index in [9.17, 15) is 9.59 Å². The molecule has 1 heterocycles. The normalized spacial score (nSPS) is 16.1. The summed E-state index contributed by atoms with van der Waals surface area (Å²) in [5.41, 5.74) is 2.29. The van der Waals surface area contributed by atoms with E-state index in [1.165, 1.54) is 11.3 Å². The lowest BCUT2D eigenvalue weighted by Gasteiger charge is -2.33. The van der Waals surface area contributed by atoms with E-state index in [2.05, 4.69) is 31.4 Å². The topological polar surface area (TPSA) is 67.4 Å². The van der Waals surface area contributed by atoms with Crippen LogP contribution >= 0.6 is 34.5 Å². The molecule has 36 heavy (non-hydrogen) atoms. The van der Waals surface area contributed by atoms with Crippen molar-refractivity contribution in [3.63, 3.8) is 0 Å². The van der Waals surface area contributed by atoms with E-state index in [4.69, 9.17) is 27.9 Å². The molecule has 0 saturated heterocycles. The van der Waals surface area contributed by atoms with Crippen molar-refractivity contribution in [1.82, 2.24) is 0 Å². The van der Waals surface area contributed by atoms with Crippen LogP contribution in [-0.4, -0.2) is 17.9 Å². The fourth-order valence-electron chi connectivity index (χ4n) is 4.42. The van der Waals surface area contributed by atoms with Gasteiger partial charge in [-0.25, -0.2) is 0 Å². The molecule has 2 atom stereocenters. The minimum Gasteiger partial charge on any atom is -0.481 e. The SMILES string of the molecule is CC(Oc1cccc(Cl)c1)C(=O)Nc1sc2c(c1C(=O)Nc1cccc(Cl)c1)CCC(C(C)(C)C)C2. The molecule has 0 fully saturated rings. The number of carbonyl (C=O) groups is 2. The number of nitrogens with one attached hydrogen (secondary N) is 2. The van der Waals surface area contributed by atoms with E-state index in [1.807, 2.05) is 0 Å². The Bertz CT molecular complexity index is 1280. The third-order valence-electron chi connectivity index (χ3n) is 6.51. The molecule has 0 aliphatic heterocycles. The van der Waals surface area contributed by atoms with Crippen LogP contribution < -0.4 is 15.4 Å². The molecule has 4 rings (SSSR count). The minimum atomic E-state index is -0.784. The van der Waals surface area contributed by atoms with Crippen LogP contribution in [-0.2, 0) is 17.6 Å². The Hall–Kier alpha value is -2.54. The number of anilines is 2. The summed E-state index contributed by atoms with van der Waals surface area (Å²) in [5, 5.41) is 7.53. The first-order valence-corrected chi connectivity index (χ1v) is 13.5. The molecule has 0 radical (unpaired) electrons. The predicted octanol–water partition coefficient (Wildman–Crippen LogP) is 7.86. The maximum atomic E-state index is 13.5. The summed E-state index contributed by atoms with van der Waals surface area (Å²) in [4.78, 5) is 27.7. The van der Waals surface area contributed by atoms with Gasteiger partial charge in [0, 0.05) is 20.6 Å². The smallest absolute Gasteiger partial charge is 0.265 e. The van der Waals surface area contributed by atoms with Gasteiger partial charge in [0.2, 0.25) is 0 Å². The van der Waals surface area contributed by atoms with Gasteiger partial charge in [-0.3, -0.25) is 9.59 Å². The third-order valence-corrected chi connectivity index (χ3v) is 8.15. The molecule has 2 unspecified atom stereocenters. The average Bonchev–Trinajstić information content (AvgIpc) is 3.15. The molecule has 2 aromatic carbocycles. The monoisotopic (exact) mass is 544 g/mol. The molecule has 1 aliphatic carbocycles. The Morgan fingerprint density at radius 2 is 1.75 bits per heavy atom. The first-order valence-electron chi connectivity index (χ1n) is 12.0. The van der Waals surface area contributed by atoms with Gasteiger partial charge < -0.3 is 15.4 Å². The van der Waals surface area contributed by atoms with E-state index in [-0.39, 0.29) is 17.2 Å². The molecule has 2 amide bonds. The largest absolute Gasteiger partial charge is 0.481 e. The molecular weight excluding hydrogens is 515 g/mol. The first kappa shape index (κ1) is 26.5. The first-order chi connectivity index (χ1) is 17.0. The van der Waals surface area contributed by atoms with Gasteiger partial charge in [-0.2, -0.15) is 0 Å². The second-order valence-electron chi connectivity index (χ2n) is 10.2. The number of carbonyl (C=O) groups excluding carboxylic acids is 2. The van der Waals surface area contributed by atoms with Crippen LogP contribution in [0.4, 0.5) is 10.7 Å². The Labute approximate surface area is 226 Å². The molecule has 1 aliphatic rings. The minimum absolute atomic E-state index is 0.160. The molecule has 190 valence electrons. The molecule has 0 saturated carbocycles. The van der Waals surface area contributed by atoms with Crippen LogP contribution in [0.5, 0.6) is 5.75 Å². The molecule has 8 heteroatoms. The van der Waals surface area contributed by atoms with Crippen molar-refractivity contribution in [2.75, 3.05) is 10.6 Å². The number of hydrogen-bond donors (Lipinski definition) is 2. The summed E-state index contributed by atoms with van der Waals surface area (Å²) in [5.74, 6) is 0.407. The van der Waals surface area contributed by atoms with E-state index >= 15 is 0 Å². The molecule has 0 bridgehead atoms. The lowest BCUT2D eigenvalue weighted by molar-refractivity contribution is -0.122. The Morgan fingerprint density at radius 1 is 1.06 bits per heavy atom. The lowest BCUT2D eigenvalue weighted by atomic mass is 9.72. The number of thiophene rings is 1. The van der Waals surface area contributed by atoms with Crippen LogP contribution in [0.2, 0.25) is 10.0 Å². The van der Waals surface area contributed by atoms with Crippen LogP contribution in [0.15, 0.2) is 48.5 Å². The maximum Gasteiger partial charge on any atom is 0.265 e. The summed E-state index contributed by atoms with van der Waals surface area (Å²) in [6.45, 7) is 8.42.